The van der Waals surface area contributed by atoms with Crippen molar-refractivity contribution in [3.05, 3.63) is 59.7 Å². The minimum atomic E-state index is -1.58. The molecule has 1 aromatic rings. The van der Waals surface area contributed by atoms with Gasteiger partial charge in [-0.3, -0.25) is 0 Å². The second-order valence-electron chi connectivity index (χ2n) is 6.58. The Morgan fingerprint density at radius 2 is 1.65 bits per heavy atom. The molecule has 0 saturated heterocycles. The number of hydrogen-bond acceptors (Lipinski definition) is 0. The van der Waals surface area contributed by atoms with E-state index in [-0.39, 0.29) is 0 Å². The van der Waals surface area contributed by atoms with Gasteiger partial charge in [0.05, 0.1) is 0 Å². The summed E-state index contributed by atoms with van der Waals surface area (Å²) in [7, 11) is -1.58. The molecule has 2 aliphatic rings. The summed E-state index contributed by atoms with van der Waals surface area (Å²) in [5.74, 6) is 0. The molecular weight excluding hydrogens is 256 g/mol. The summed E-state index contributed by atoms with van der Waals surface area (Å²) >= 11 is 0. The van der Waals surface area contributed by atoms with Gasteiger partial charge < -0.3 is 0 Å². The maximum Gasteiger partial charge on any atom is 0.102 e. The van der Waals surface area contributed by atoms with E-state index >= 15 is 0 Å². The minimum absolute atomic E-state index is 0.917. The van der Waals surface area contributed by atoms with Crippen LogP contribution in [-0.4, -0.2) is 8.07 Å². The molecule has 1 saturated carbocycles. The van der Waals surface area contributed by atoms with Gasteiger partial charge in [-0.2, -0.15) is 0 Å². The normalized spacial score (nSPS) is 23.6. The van der Waals surface area contributed by atoms with Gasteiger partial charge in [0.15, 0.2) is 0 Å². The van der Waals surface area contributed by atoms with Crippen LogP contribution in [-0.2, 0) is 0 Å². The molecule has 0 bridgehead atoms. The van der Waals surface area contributed by atoms with Crippen LogP contribution in [0.5, 0.6) is 0 Å². The summed E-state index contributed by atoms with van der Waals surface area (Å²) in [6.07, 6.45) is 14.3. The molecule has 2 aliphatic carbocycles. The fourth-order valence-corrected chi connectivity index (χ4v) is 8.67. The van der Waals surface area contributed by atoms with Crippen molar-refractivity contribution in [2.45, 2.75) is 51.1 Å². The van der Waals surface area contributed by atoms with Crippen LogP contribution in [0.1, 0.15) is 39.0 Å². The van der Waals surface area contributed by atoms with Gasteiger partial charge in [0.2, 0.25) is 0 Å². The average molecular weight is 281 g/mol. The second-order valence-corrected chi connectivity index (χ2v) is 11.0. The minimum Gasteiger partial charge on any atom is -0.0757 e. The van der Waals surface area contributed by atoms with Crippen LogP contribution < -0.4 is 5.19 Å². The smallest absolute Gasteiger partial charge is 0.0757 e. The fraction of sp³-hybridized carbons (Fsp3) is 0.421. The van der Waals surface area contributed by atoms with E-state index in [1.54, 1.807) is 10.7 Å². The Balaban J connectivity index is 2.00. The van der Waals surface area contributed by atoms with Gasteiger partial charge in [-0.05, 0) is 12.5 Å². The first-order valence-electron chi connectivity index (χ1n) is 8.00. The molecule has 0 heterocycles. The number of hydrogen-bond donors (Lipinski definition) is 0. The number of rotatable bonds is 3. The van der Waals surface area contributed by atoms with E-state index < -0.39 is 8.07 Å². The van der Waals surface area contributed by atoms with Crippen LogP contribution in [0.3, 0.4) is 0 Å². The van der Waals surface area contributed by atoms with E-state index in [0.717, 1.165) is 5.54 Å². The third-order valence-electron chi connectivity index (χ3n) is 5.30. The predicted molar refractivity (Wildman–Crippen MR) is 90.7 cm³/mol. The zero-order valence-corrected chi connectivity index (χ0v) is 13.7. The summed E-state index contributed by atoms with van der Waals surface area (Å²) in [6.45, 7) is 4.83. The molecule has 0 amide bonds. The van der Waals surface area contributed by atoms with Crippen LogP contribution in [0.2, 0.25) is 12.1 Å². The molecule has 1 radical (unpaired) electrons. The van der Waals surface area contributed by atoms with Gasteiger partial charge in [-0.15, -0.1) is 0 Å². The quantitative estimate of drug-likeness (QED) is 0.689. The van der Waals surface area contributed by atoms with Gasteiger partial charge in [-0.25, -0.2) is 0 Å². The first kappa shape index (κ1) is 13.9. The summed E-state index contributed by atoms with van der Waals surface area (Å²) in [5.41, 5.74) is 3.99. The van der Waals surface area contributed by atoms with Crippen molar-refractivity contribution in [2.24, 2.45) is 0 Å². The number of benzene rings is 1. The highest BCUT2D eigenvalue weighted by atomic mass is 28.3. The van der Waals surface area contributed by atoms with Gasteiger partial charge in [0.1, 0.15) is 8.07 Å². The monoisotopic (exact) mass is 281 g/mol. The van der Waals surface area contributed by atoms with Crippen LogP contribution in [0.25, 0.3) is 0 Å². The van der Waals surface area contributed by atoms with Crippen molar-refractivity contribution in [3.63, 3.8) is 0 Å². The molecule has 3 rings (SSSR count). The molecule has 0 spiro atoms. The van der Waals surface area contributed by atoms with E-state index in [9.17, 15) is 0 Å². The molecule has 1 fully saturated rings. The molecule has 1 heteroatoms. The molecule has 105 valence electrons. The van der Waals surface area contributed by atoms with Gasteiger partial charge >= 0.3 is 0 Å². The van der Waals surface area contributed by atoms with Crippen molar-refractivity contribution >= 4 is 13.3 Å². The highest BCUT2D eigenvalue weighted by Crippen LogP contribution is 2.43. The molecule has 1 atom stereocenters. The standard InChI is InChI=1S/C19H25Si/c1-16-13-14-19(15-16)20(2,17-9-5-3-6-10-17)18-11-7-4-8-12-18/h3,5-6,9-10,13-15,18H,4,7-8,11-12H2,1-2H3. The van der Waals surface area contributed by atoms with Gasteiger partial charge in [-0.1, -0.05) is 98.0 Å². The number of allylic oxidation sites excluding steroid dienone is 4. The van der Waals surface area contributed by atoms with Crippen molar-refractivity contribution in [3.8, 4) is 0 Å². The second kappa shape index (κ2) is 5.73. The first-order chi connectivity index (χ1) is 9.71. The molecule has 20 heavy (non-hydrogen) atoms. The van der Waals surface area contributed by atoms with Gasteiger partial charge in [0.25, 0.3) is 0 Å². The van der Waals surface area contributed by atoms with Crippen molar-refractivity contribution < 1.29 is 0 Å². The Morgan fingerprint density at radius 3 is 2.25 bits per heavy atom. The molecule has 0 aliphatic heterocycles. The summed E-state index contributed by atoms with van der Waals surface area (Å²) in [4.78, 5) is 0. The summed E-state index contributed by atoms with van der Waals surface area (Å²) < 4.78 is 0. The molecular formula is C19H25Si. The predicted octanol–water partition coefficient (Wildman–Crippen LogP) is 4.94. The van der Waals surface area contributed by atoms with Crippen molar-refractivity contribution in [1.82, 2.24) is 0 Å². The van der Waals surface area contributed by atoms with E-state index in [4.69, 9.17) is 0 Å². The zero-order chi connectivity index (χ0) is 14.0. The Hall–Kier alpha value is -1.08. The third-order valence-corrected chi connectivity index (χ3v) is 10.6. The SMILES string of the molecule is CC1=C[C]([Si](C)(c2ccccc2)C2CCCCC2)C=C1. The Morgan fingerprint density at radius 1 is 0.950 bits per heavy atom. The lowest BCUT2D eigenvalue weighted by molar-refractivity contribution is 0.494. The van der Waals surface area contributed by atoms with Crippen LogP contribution >= 0.6 is 0 Å². The van der Waals surface area contributed by atoms with Gasteiger partial charge in [0, 0.05) is 5.54 Å². The van der Waals surface area contributed by atoms with E-state index in [1.807, 2.05) is 0 Å². The maximum atomic E-state index is 2.60. The lowest BCUT2D eigenvalue weighted by Gasteiger charge is -2.41. The summed E-state index contributed by atoms with van der Waals surface area (Å²) in [5, 5.41) is 1.62. The van der Waals surface area contributed by atoms with Crippen LogP contribution in [0.15, 0.2) is 54.1 Å². The highest BCUT2D eigenvalue weighted by molar-refractivity contribution is 6.97. The first-order valence-corrected chi connectivity index (χ1v) is 10.6. The topological polar surface area (TPSA) is 0 Å². The molecule has 1 unspecified atom stereocenters. The molecule has 0 N–H and O–H groups in total. The Kier molecular flexibility index (Phi) is 3.98. The van der Waals surface area contributed by atoms with Crippen LogP contribution in [0, 0.1) is 5.54 Å². The van der Waals surface area contributed by atoms with Crippen LogP contribution in [0.4, 0.5) is 0 Å². The zero-order valence-electron chi connectivity index (χ0n) is 12.7. The van der Waals surface area contributed by atoms with E-state index in [2.05, 4.69) is 62.0 Å². The fourth-order valence-electron chi connectivity index (χ4n) is 3.99. The molecule has 1 aromatic carbocycles. The van der Waals surface area contributed by atoms with Crippen molar-refractivity contribution in [2.75, 3.05) is 0 Å². The van der Waals surface area contributed by atoms with Crippen molar-refractivity contribution in [1.29, 1.82) is 0 Å². The third kappa shape index (κ3) is 2.44. The molecule has 0 aromatic heterocycles. The largest absolute Gasteiger partial charge is 0.102 e. The van der Waals surface area contributed by atoms with E-state index in [0.29, 0.717) is 0 Å². The lowest BCUT2D eigenvalue weighted by atomic mass is 10.0. The Bertz CT molecular complexity index is 508. The highest BCUT2D eigenvalue weighted by Gasteiger charge is 2.44. The lowest BCUT2D eigenvalue weighted by Crippen LogP contribution is -2.53. The summed E-state index contributed by atoms with van der Waals surface area (Å²) in [6, 6.07) is 11.3. The average Bonchev–Trinajstić information content (AvgIpc) is 2.95. The Labute approximate surface area is 124 Å². The maximum absolute atomic E-state index is 2.60. The van der Waals surface area contributed by atoms with E-state index in [1.165, 1.54) is 37.7 Å². The molecule has 0 nitrogen and oxygen atoms in total.